The molecule has 1 aliphatic rings. The summed E-state index contributed by atoms with van der Waals surface area (Å²) in [7, 11) is 5.12. The highest BCUT2D eigenvalue weighted by molar-refractivity contribution is 14.0. The van der Waals surface area contributed by atoms with E-state index in [0.717, 1.165) is 37.5 Å². The maximum absolute atomic E-state index is 5.74. The second kappa shape index (κ2) is 11.5. The van der Waals surface area contributed by atoms with E-state index in [2.05, 4.69) is 15.6 Å². The molecule has 148 valence electrons. The van der Waals surface area contributed by atoms with Crippen LogP contribution in [-0.2, 0) is 9.47 Å². The molecule has 0 unspecified atom stereocenters. The van der Waals surface area contributed by atoms with Gasteiger partial charge in [-0.2, -0.15) is 0 Å². The van der Waals surface area contributed by atoms with E-state index in [1.54, 1.807) is 21.3 Å². The summed E-state index contributed by atoms with van der Waals surface area (Å²) in [6.07, 6.45) is 1.73. The number of benzene rings is 1. The first-order valence-corrected chi connectivity index (χ1v) is 8.58. The van der Waals surface area contributed by atoms with E-state index < -0.39 is 0 Å². The average Bonchev–Trinajstić information content (AvgIpc) is 2.67. The molecule has 1 fully saturated rings. The van der Waals surface area contributed by atoms with Crippen molar-refractivity contribution in [3.63, 3.8) is 0 Å². The van der Waals surface area contributed by atoms with Crippen molar-refractivity contribution in [2.45, 2.75) is 25.4 Å². The number of hydrogen-bond donors (Lipinski definition) is 2. The number of ether oxygens (including phenoxy) is 4. The van der Waals surface area contributed by atoms with Gasteiger partial charge < -0.3 is 29.6 Å². The second-order valence-corrected chi connectivity index (χ2v) is 5.85. The number of anilines is 1. The summed E-state index contributed by atoms with van der Waals surface area (Å²) < 4.78 is 22.1. The van der Waals surface area contributed by atoms with E-state index >= 15 is 0 Å². The molecule has 2 rings (SSSR count). The molecule has 0 radical (unpaired) electrons. The molecule has 1 saturated heterocycles. The third-order valence-electron chi connectivity index (χ3n) is 4.36. The molecule has 1 aliphatic heterocycles. The average molecular weight is 479 g/mol. The van der Waals surface area contributed by atoms with Gasteiger partial charge in [-0.1, -0.05) is 0 Å². The highest BCUT2D eigenvalue weighted by Crippen LogP contribution is 2.30. The summed E-state index contributed by atoms with van der Waals surface area (Å²) in [5.74, 6) is 2.08. The summed E-state index contributed by atoms with van der Waals surface area (Å²) >= 11 is 0. The van der Waals surface area contributed by atoms with Gasteiger partial charge in [0.25, 0.3) is 0 Å². The maximum atomic E-state index is 5.74. The van der Waals surface area contributed by atoms with Gasteiger partial charge in [-0.15, -0.1) is 24.0 Å². The van der Waals surface area contributed by atoms with E-state index in [0.29, 0.717) is 24.9 Å². The Morgan fingerprint density at radius 3 is 2.54 bits per heavy atom. The fourth-order valence-corrected chi connectivity index (χ4v) is 2.78. The normalized spacial score (nSPS) is 16.4. The lowest BCUT2D eigenvalue weighted by molar-refractivity contribution is -0.0854. The zero-order chi connectivity index (χ0) is 18.1. The van der Waals surface area contributed by atoms with Gasteiger partial charge in [0.05, 0.1) is 19.3 Å². The summed E-state index contributed by atoms with van der Waals surface area (Å²) in [5.41, 5.74) is 0.652. The van der Waals surface area contributed by atoms with Crippen LogP contribution >= 0.6 is 24.0 Å². The Hall–Kier alpha value is -1.26. The standard InChI is InChI=1S/C18H29N3O4.HI/c1-5-25-15-7-6-14(12-16(15)22-3)21-17(19-2)20-13-18(23-4)8-10-24-11-9-18;/h6-7,12H,5,8-11,13H2,1-4H3,(H2,19,20,21);1H. The summed E-state index contributed by atoms with van der Waals surface area (Å²) in [6, 6.07) is 5.70. The molecule has 0 saturated carbocycles. The Balaban J connectivity index is 0.00000338. The molecular formula is C18H30IN3O4. The third kappa shape index (κ3) is 6.17. The van der Waals surface area contributed by atoms with Gasteiger partial charge in [0.1, 0.15) is 0 Å². The number of aliphatic imine (C=N–C) groups is 1. The van der Waals surface area contributed by atoms with Gasteiger partial charge in [0, 0.05) is 58.5 Å². The van der Waals surface area contributed by atoms with E-state index in [9.17, 15) is 0 Å². The Morgan fingerprint density at radius 2 is 1.96 bits per heavy atom. The zero-order valence-electron chi connectivity index (χ0n) is 16.0. The van der Waals surface area contributed by atoms with Gasteiger partial charge in [0.15, 0.2) is 17.5 Å². The van der Waals surface area contributed by atoms with Crippen LogP contribution in [0.5, 0.6) is 11.5 Å². The van der Waals surface area contributed by atoms with Crippen LogP contribution in [0, 0.1) is 0 Å². The van der Waals surface area contributed by atoms with Crippen molar-refractivity contribution < 1.29 is 18.9 Å². The minimum atomic E-state index is -0.216. The highest BCUT2D eigenvalue weighted by Gasteiger charge is 2.32. The molecule has 7 nitrogen and oxygen atoms in total. The van der Waals surface area contributed by atoms with E-state index in [1.165, 1.54) is 0 Å². The van der Waals surface area contributed by atoms with Crippen LogP contribution < -0.4 is 20.1 Å². The van der Waals surface area contributed by atoms with Gasteiger partial charge in [0.2, 0.25) is 0 Å². The number of hydrogen-bond acceptors (Lipinski definition) is 5. The van der Waals surface area contributed by atoms with E-state index in [4.69, 9.17) is 18.9 Å². The number of halogens is 1. The SMILES string of the molecule is CCOc1ccc(NC(=NC)NCC2(OC)CCOCC2)cc1OC.I. The van der Waals surface area contributed by atoms with Crippen molar-refractivity contribution in [1.82, 2.24) is 5.32 Å². The summed E-state index contributed by atoms with van der Waals surface area (Å²) in [4.78, 5) is 4.28. The highest BCUT2D eigenvalue weighted by atomic mass is 127. The molecule has 1 aromatic rings. The first-order chi connectivity index (χ1) is 12.2. The Morgan fingerprint density at radius 1 is 1.23 bits per heavy atom. The molecule has 26 heavy (non-hydrogen) atoms. The second-order valence-electron chi connectivity index (χ2n) is 5.85. The smallest absolute Gasteiger partial charge is 0.195 e. The molecule has 1 heterocycles. The molecule has 8 heteroatoms. The molecule has 0 bridgehead atoms. The fourth-order valence-electron chi connectivity index (χ4n) is 2.78. The monoisotopic (exact) mass is 479 g/mol. The van der Waals surface area contributed by atoms with Crippen molar-refractivity contribution >= 4 is 35.6 Å². The molecule has 0 aliphatic carbocycles. The largest absolute Gasteiger partial charge is 0.493 e. The van der Waals surface area contributed by atoms with Crippen LogP contribution in [-0.4, -0.2) is 59.2 Å². The number of nitrogens with one attached hydrogen (secondary N) is 2. The number of nitrogens with zero attached hydrogens (tertiary/aromatic N) is 1. The molecular weight excluding hydrogens is 449 g/mol. The van der Waals surface area contributed by atoms with E-state index in [1.807, 2.05) is 25.1 Å². The quantitative estimate of drug-likeness (QED) is 0.356. The van der Waals surface area contributed by atoms with Gasteiger partial charge >= 0.3 is 0 Å². The van der Waals surface area contributed by atoms with Gasteiger partial charge in [-0.25, -0.2) is 0 Å². The molecule has 0 atom stereocenters. The summed E-state index contributed by atoms with van der Waals surface area (Å²) in [5, 5.41) is 6.61. The predicted molar refractivity (Wildman–Crippen MR) is 114 cm³/mol. The van der Waals surface area contributed by atoms with Gasteiger partial charge in [-0.3, -0.25) is 4.99 Å². The lowest BCUT2D eigenvalue weighted by atomic mass is 9.94. The van der Waals surface area contributed by atoms with Crippen molar-refractivity contribution in [2.24, 2.45) is 4.99 Å². The van der Waals surface area contributed by atoms with Crippen LogP contribution in [0.3, 0.4) is 0 Å². The van der Waals surface area contributed by atoms with Crippen molar-refractivity contribution in [3.05, 3.63) is 18.2 Å². The number of methoxy groups -OCH3 is 2. The summed E-state index contributed by atoms with van der Waals surface area (Å²) in [6.45, 7) is 4.64. The third-order valence-corrected chi connectivity index (χ3v) is 4.36. The van der Waals surface area contributed by atoms with E-state index in [-0.39, 0.29) is 29.6 Å². The number of guanidine groups is 1. The fraction of sp³-hybridized carbons (Fsp3) is 0.611. The minimum absolute atomic E-state index is 0. The predicted octanol–water partition coefficient (Wildman–Crippen LogP) is 2.89. The Bertz CT molecular complexity index is 578. The molecule has 0 amide bonds. The molecule has 0 spiro atoms. The maximum Gasteiger partial charge on any atom is 0.195 e. The lowest BCUT2D eigenvalue weighted by Crippen LogP contribution is -2.49. The van der Waals surface area contributed by atoms with Gasteiger partial charge in [-0.05, 0) is 19.1 Å². The number of rotatable bonds is 7. The minimum Gasteiger partial charge on any atom is -0.493 e. The van der Waals surface area contributed by atoms with Crippen LogP contribution in [0.25, 0.3) is 0 Å². The van der Waals surface area contributed by atoms with Crippen LogP contribution in [0.2, 0.25) is 0 Å². The van der Waals surface area contributed by atoms with Crippen LogP contribution in [0.15, 0.2) is 23.2 Å². The van der Waals surface area contributed by atoms with Crippen LogP contribution in [0.1, 0.15) is 19.8 Å². The van der Waals surface area contributed by atoms with Crippen LogP contribution in [0.4, 0.5) is 5.69 Å². The zero-order valence-corrected chi connectivity index (χ0v) is 18.3. The van der Waals surface area contributed by atoms with Crippen molar-refractivity contribution in [1.29, 1.82) is 0 Å². The molecule has 0 aromatic heterocycles. The Labute approximate surface area is 172 Å². The first-order valence-electron chi connectivity index (χ1n) is 8.58. The lowest BCUT2D eigenvalue weighted by Gasteiger charge is -2.36. The molecule has 1 aromatic carbocycles. The van der Waals surface area contributed by atoms with Crippen molar-refractivity contribution in [2.75, 3.05) is 52.9 Å². The topological polar surface area (TPSA) is 73.3 Å². The Kier molecular flexibility index (Phi) is 10.0. The molecule has 2 N–H and O–H groups in total. The first kappa shape index (κ1) is 22.8. The van der Waals surface area contributed by atoms with Crippen molar-refractivity contribution in [3.8, 4) is 11.5 Å².